The number of anilines is 1. The molecule has 0 radical (unpaired) electrons. The fourth-order valence-electron chi connectivity index (χ4n) is 3.50. The molecule has 26 heavy (non-hydrogen) atoms. The Morgan fingerprint density at radius 2 is 2.00 bits per heavy atom. The van der Waals surface area contributed by atoms with Gasteiger partial charge < -0.3 is 14.9 Å². The smallest absolute Gasteiger partial charge is 0.146 e. The number of β-amino-alcohol motifs (C(OH)–C–C–N with tert-alkyl or cyclic N) is 1. The highest BCUT2D eigenvalue weighted by molar-refractivity contribution is 7.17. The number of aliphatic hydroxyl groups is 1. The van der Waals surface area contributed by atoms with Crippen LogP contribution >= 0.6 is 11.3 Å². The van der Waals surface area contributed by atoms with Gasteiger partial charge in [-0.3, -0.25) is 0 Å². The zero-order valence-corrected chi connectivity index (χ0v) is 16.3. The van der Waals surface area contributed by atoms with Crippen LogP contribution in [0.4, 0.5) is 5.82 Å². The molecule has 2 aromatic heterocycles. The fraction of sp³-hybridized carbons (Fsp3) is 0.400. The predicted octanol–water partition coefficient (Wildman–Crippen LogP) is 3.38. The molecule has 4 rings (SSSR count). The standard InChI is InChI=1S/C20H24N4OS/c1-20(25)9-10-24(13-20)18-17-15(14-7-5-4-6-8-14)12-26-19(17)22-16(21-18)11-23(2)3/h4-8,12,25H,9-11,13H2,1-3H3. The predicted molar refractivity (Wildman–Crippen MR) is 108 cm³/mol. The molecule has 5 nitrogen and oxygen atoms in total. The third-order valence-electron chi connectivity index (χ3n) is 4.75. The molecule has 1 aliphatic heterocycles. The Balaban J connectivity index is 1.89. The van der Waals surface area contributed by atoms with E-state index in [4.69, 9.17) is 9.97 Å². The lowest BCUT2D eigenvalue weighted by atomic mass is 10.1. The molecule has 1 aromatic carbocycles. The van der Waals surface area contributed by atoms with E-state index in [0.29, 0.717) is 13.1 Å². The lowest BCUT2D eigenvalue weighted by Crippen LogP contribution is -2.30. The summed E-state index contributed by atoms with van der Waals surface area (Å²) in [5, 5.41) is 13.7. The molecule has 3 heterocycles. The van der Waals surface area contributed by atoms with Crippen molar-refractivity contribution in [3.63, 3.8) is 0 Å². The Labute approximate surface area is 157 Å². The van der Waals surface area contributed by atoms with Crippen LogP contribution in [0, 0.1) is 0 Å². The average Bonchev–Trinajstić information content (AvgIpc) is 3.17. The van der Waals surface area contributed by atoms with E-state index in [2.05, 4.69) is 39.4 Å². The van der Waals surface area contributed by atoms with Gasteiger partial charge >= 0.3 is 0 Å². The van der Waals surface area contributed by atoms with E-state index in [1.54, 1.807) is 11.3 Å². The number of aromatic nitrogens is 2. The van der Waals surface area contributed by atoms with Gasteiger partial charge in [-0.1, -0.05) is 30.3 Å². The summed E-state index contributed by atoms with van der Waals surface area (Å²) in [7, 11) is 4.05. The Morgan fingerprint density at radius 1 is 1.23 bits per heavy atom. The van der Waals surface area contributed by atoms with Crippen molar-refractivity contribution < 1.29 is 5.11 Å². The van der Waals surface area contributed by atoms with Crippen LogP contribution < -0.4 is 4.90 Å². The van der Waals surface area contributed by atoms with Crippen LogP contribution in [0.1, 0.15) is 19.2 Å². The van der Waals surface area contributed by atoms with Crippen molar-refractivity contribution in [2.45, 2.75) is 25.5 Å². The number of fused-ring (bicyclic) bond motifs is 1. The van der Waals surface area contributed by atoms with Gasteiger partial charge in [-0.2, -0.15) is 0 Å². The van der Waals surface area contributed by atoms with E-state index in [1.165, 1.54) is 11.1 Å². The van der Waals surface area contributed by atoms with Gasteiger partial charge in [0.15, 0.2) is 0 Å². The van der Waals surface area contributed by atoms with Crippen LogP contribution in [-0.4, -0.2) is 52.8 Å². The maximum Gasteiger partial charge on any atom is 0.146 e. The van der Waals surface area contributed by atoms with Gasteiger partial charge in [-0.25, -0.2) is 9.97 Å². The summed E-state index contributed by atoms with van der Waals surface area (Å²) >= 11 is 1.66. The van der Waals surface area contributed by atoms with Crippen molar-refractivity contribution in [3.8, 4) is 11.1 Å². The normalized spacial score (nSPS) is 20.4. The minimum atomic E-state index is -0.665. The number of benzene rings is 1. The highest BCUT2D eigenvalue weighted by Gasteiger charge is 2.33. The van der Waals surface area contributed by atoms with Crippen molar-refractivity contribution in [2.75, 3.05) is 32.1 Å². The summed E-state index contributed by atoms with van der Waals surface area (Å²) in [6.45, 7) is 4.01. The molecule has 0 saturated carbocycles. The molecule has 1 unspecified atom stereocenters. The molecule has 1 aliphatic rings. The Kier molecular flexibility index (Phi) is 4.42. The first-order chi connectivity index (χ1) is 12.4. The second-order valence-electron chi connectivity index (χ2n) is 7.57. The molecule has 0 spiro atoms. The Hall–Kier alpha value is -2.02. The van der Waals surface area contributed by atoms with Crippen molar-refractivity contribution >= 4 is 27.4 Å². The molecule has 6 heteroatoms. The molecule has 1 atom stereocenters. The second-order valence-corrected chi connectivity index (χ2v) is 8.42. The van der Waals surface area contributed by atoms with Gasteiger partial charge in [-0.15, -0.1) is 11.3 Å². The zero-order valence-electron chi connectivity index (χ0n) is 15.4. The number of rotatable bonds is 4. The van der Waals surface area contributed by atoms with Gasteiger partial charge in [0.2, 0.25) is 0 Å². The minimum absolute atomic E-state index is 0.602. The lowest BCUT2D eigenvalue weighted by molar-refractivity contribution is 0.0839. The molecular weight excluding hydrogens is 344 g/mol. The van der Waals surface area contributed by atoms with Crippen molar-refractivity contribution in [1.82, 2.24) is 14.9 Å². The minimum Gasteiger partial charge on any atom is -0.388 e. The highest BCUT2D eigenvalue weighted by Crippen LogP contribution is 2.40. The molecule has 1 N–H and O–H groups in total. The Morgan fingerprint density at radius 3 is 2.65 bits per heavy atom. The van der Waals surface area contributed by atoms with Crippen LogP contribution in [0.15, 0.2) is 35.7 Å². The SMILES string of the molecule is CN(C)Cc1nc(N2CCC(C)(O)C2)c2c(-c3ccccc3)csc2n1. The van der Waals surface area contributed by atoms with Gasteiger partial charge in [0.05, 0.1) is 17.5 Å². The summed E-state index contributed by atoms with van der Waals surface area (Å²) in [6, 6.07) is 10.4. The molecule has 1 saturated heterocycles. The summed E-state index contributed by atoms with van der Waals surface area (Å²) < 4.78 is 0. The second kappa shape index (κ2) is 6.61. The van der Waals surface area contributed by atoms with E-state index in [9.17, 15) is 5.11 Å². The van der Waals surface area contributed by atoms with E-state index in [0.717, 1.165) is 34.8 Å². The summed E-state index contributed by atoms with van der Waals surface area (Å²) in [5.41, 5.74) is 1.68. The molecule has 0 aliphatic carbocycles. The molecule has 0 bridgehead atoms. The van der Waals surface area contributed by atoms with Crippen LogP contribution in [0.3, 0.4) is 0 Å². The highest BCUT2D eigenvalue weighted by atomic mass is 32.1. The topological polar surface area (TPSA) is 52.5 Å². The largest absolute Gasteiger partial charge is 0.388 e. The monoisotopic (exact) mass is 368 g/mol. The van der Waals surface area contributed by atoms with E-state index in [-0.39, 0.29) is 0 Å². The first kappa shape index (κ1) is 17.4. The van der Waals surface area contributed by atoms with Crippen molar-refractivity contribution in [2.24, 2.45) is 0 Å². The van der Waals surface area contributed by atoms with E-state index in [1.807, 2.05) is 27.1 Å². The fourth-order valence-corrected chi connectivity index (χ4v) is 4.47. The molecular formula is C20H24N4OS. The lowest BCUT2D eigenvalue weighted by Gasteiger charge is -2.22. The van der Waals surface area contributed by atoms with E-state index < -0.39 is 5.60 Å². The van der Waals surface area contributed by atoms with Crippen LogP contribution in [-0.2, 0) is 6.54 Å². The maximum absolute atomic E-state index is 10.5. The van der Waals surface area contributed by atoms with Crippen molar-refractivity contribution in [3.05, 3.63) is 41.5 Å². The first-order valence-electron chi connectivity index (χ1n) is 8.88. The van der Waals surface area contributed by atoms with Gasteiger partial charge in [0.25, 0.3) is 0 Å². The molecule has 3 aromatic rings. The molecule has 136 valence electrons. The molecule has 0 amide bonds. The maximum atomic E-state index is 10.5. The molecule has 1 fully saturated rings. The van der Waals surface area contributed by atoms with Gasteiger partial charge in [0.1, 0.15) is 16.5 Å². The average molecular weight is 369 g/mol. The van der Waals surface area contributed by atoms with Crippen LogP contribution in [0.25, 0.3) is 21.3 Å². The van der Waals surface area contributed by atoms with Gasteiger partial charge in [0, 0.05) is 24.0 Å². The zero-order chi connectivity index (χ0) is 18.3. The van der Waals surface area contributed by atoms with Crippen molar-refractivity contribution in [1.29, 1.82) is 0 Å². The van der Waals surface area contributed by atoms with Gasteiger partial charge in [-0.05, 0) is 33.0 Å². The summed E-state index contributed by atoms with van der Waals surface area (Å²) in [5.74, 6) is 1.77. The third-order valence-corrected chi connectivity index (χ3v) is 5.63. The third kappa shape index (κ3) is 3.32. The summed E-state index contributed by atoms with van der Waals surface area (Å²) in [6.07, 6.45) is 0.756. The summed E-state index contributed by atoms with van der Waals surface area (Å²) in [4.78, 5) is 15.0. The van der Waals surface area contributed by atoms with E-state index >= 15 is 0 Å². The van der Waals surface area contributed by atoms with Crippen LogP contribution in [0.5, 0.6) is 0 Å². The number of nitrogens with zero attached hydrogens (tertiary/aromatic N) is 4. The van der Waals surface area contributed by atoms with Crippen LogP contribution in [0.2, 0.25) is 0 Å². The number of hydrogen-bond donors (Lipinski definition) is 1. The number of hydrogen-bond acceptors (Lipinski definition) is 6. The first-order valence-corrected chi connectivity index (χ1v) is 9.76. The number of thiophene rings is 1. The Bertz CT molecular complexity index is 920. The quantitative estimate of drug-likeness (QED) is 0.765.